The molecule has 6 aromatic rings. The fourth-order valence-corrected chi connectivity index (χ4v) is 5.59. The molecule has 0 aliphatic carbocycles. The Bertz CT molecular complexity index is 2200. The van der Waals surface area contributed by atoms with Gasteiger partial charge in [0.25, 0.3) is 5.91 Å². The van der Waals surface area contributed by atoms with Crippen LogP contribution >= 0.6 is 39.1 Å². The van der Waals surface area contributed by atoms with E-state index in [0.717, 1.165) is 12.1 Å². The Kier molecular flexibility index (Phi) is 8.60. The zero-order chi connectivity index (χ0) is 32.7. The van der Waals surface area contributed by atoms with Crippen LogP contribution in [0.5, 0.6) is 0 Å². The van der Waals surface area contributed by atoms with Gasteiger partial charge in [0.2, 0.25) is 11.4 Å². The van der Waals surface area contributed by atoms with Crippen LogP contribution in [0.3, 0.4) is 0 Å². The first-order chi connectivity index (χ1) is 22.1. The zero-order valence-electron chi connectivity index (χ0n) is 23.4. The average Bonchev–Trinajstić information content (AvgIpc) is 3.57. The zero-order valence-corrected chi connectivity index (χ0v) is 26.5. The highest BCUT2D eigenvalue weighted by molar-refractivity contribution is 9.10. The molecule has 0 bridgehead atoms. The number of benzene rings is 2. The van der Waals surface area contributed by atoms with E-state index >= 15 is 0 Å². The summed E-state index contributed by atoms with van der Waals surface area (Å²) >= 11 is 15.8. The van der Waals surface area contributed by atoms with E-state index in [1.54, 1.807) is 6.07 Å². The van der Waals surface area contributed by atoms with Gasteiger partial charge in [-0.25, -0.2) is 18.6 Å². The summed E-state index contributed by atoms with van der Waals surface area (Å²) in [6.07, 6.45) is 0.635. The van der Waals surface area contributed by atoms with Gasteiger partial charge in [0.05, 0.1) is 38.5 Å². The first-order valence-corrected chi connectivity index (χ1v) is 14.9. The van der Waals surface area contributed by atoms with Gasteiger partial charge in [0.1, 0.15) is 33.5 Å². The molecule has 9 nitrogen and oxygen atoms in total. The number of carbonyl (C=O) groups is 3. The van der Waals surface area contributed by atoms with Gasteiger partial charge < -0.3 is 18.9 Å². The van der Waals surface area contributed by atoms with Crippen LogP contribution in [-0.2, 0) is 11.2 Å². The molecule has 0 unspecified atom stereocenters. The quantitative estimate of drug-likeness (QED) is 0.0945. The monoisotopic (exact) mass is 727 g/mol. The summed E-state index contributed by atoms with van der Waals surface area (Å²) in [5.41, 5.74) is 1.18. The number of halogens is 5. The highest BCUT2D eigenvalue weighted by Crippen LogP contribution is 2.38. The van der Waals surface area contributed by atoms with Gasteiger partial charge in [0.15, 0.2) is 6.29 Å². The van der Waals surface area contributed by atoms with E-state index in [1.807, 2.05) is 0 Å². The molecule has 0 aliphatic heterocycles. The summed E-state index contributed by atoms with van der Waals surface area (Å²) in [6.45, 7) is -0.203. The molecule has 1 amide bonds. The van der Waals surface area contributed by atoms with Crippen molar-refractivity contribution in [3.05, 3.63) is 103 Å². The smallest absolute Gasteiger partial charge is 0.338 e. The second-order valence-corrected chi connectivity index (χ2v) is 11.4. The van der Waals surface area contributed by atoms with Crippen molar-refractivity contribution >= 4 is 79.5 Å². The van der Waals surface area contributed by atoms with E-state index < -0.39 is 23.5 Å². The lowest BCUT2D eigenvalue weighted by atomic mass is 10.0. The minimum absolute atomic E-state index is 0.0211. The second-order valence-electron chi connectivity index (χ2n) is 9.86. The molecule has 14 heteroatoms. The lowest BCUT2D eigenvalue weighted by molar-refractivity contribution is 0.0504. The van der Waals surface area contributed by atoms with Gasteiger partial charge in [-0.05, 0) is 76.1 Å². The molecule has 0 fully saturated rings. The number of nitrogens with one attached hydrogen (secondary N) is 1. The first kappa shape index (κ1) is 31.3. The van der Waals surface area contributed by atoms with E-state index in [1.165, 1.54) is 43.4 Å². The Morgan fingerprint density at radius 2 is 1.65 bits per heavy atom. The maximum atomic E-state index is 14.8. The van der Waals surface area contributed by atoms with E-state index in [4.69, 9.17) is 36.8 Å². The molecule has 0 spiro atoms. The third-order valence-corrected chi connectivity index (χ3v) is 8.44. The summed E-state index contributed by atoms with van der Waals surface area (Å²) in [4.78, 5) is 46.0. The molecule has 4 aromatic heterocycles. The fourth-order valence-electron chi connectivity index (χ4n) is 4.90. The number of ether oxygens (including phenoxy) is 1. The summed E-state index contributed by atoms with van der Waals surface area (Å²) < 4.78 is 45.8. The Morgan fingerprint density at radius 1 is 0.935 bits per heavy atom. The maximum absolute atomic E-state index is 14.8. The van der Waals surface area contributed by atoms with Crippen LogP contribution in [0.15, 0.2) is 67.9 Å². The fraction of sp³-hybridized carbons (Fsp3) is 0.0938. The van der Waals surface area contributed by atoms with Crippen molar-refractivity contribution in [3.63, 3.8) is 0 Å². The van der Waals surface area contributed by atoms with Crippen molar-refractivity contribution in [2.24, 2.45) is 0 Å². The van der Waals surface area contributed by atoms with Gasteiger partial charge in [0, 0.05) is 24.6 Å². The molecule has 0 radical (unpaired) electrons. The van der Waals surface area contributed by atoms with Gasteiger partial charge in [-0.1, -0.05) is 23.2 Å². The van der Waals surface area contributed by atoms with Crippen molar-refractivity contribution < 1.29 is 36.7 Å². The summed E-state index contributed by atoms with van der Waals surface area (Å²) in [5, 5.41) is 3.30. The Morgan fingerprint density at radius 3 is 2.37 bits per heavy atom. The second kappa shape index (κ2) is 12.6. The molecule has 4 heterocycles. The maximum Gasteiger partial charge on any atom is 0.338 e. The Labute approximate surface area is 276 Å². The van der Waals surface area contributed by atoms with E-state index in [0.29, 0.717) is 21.7 Å². The highest BCUT2D eigenvalue weighted by atomic mass is 79.9. The number of aldehydes is 1. The molecule has 0 saturated carbocycles. The van der Waals surface area contributed by atoms with Gasteiger partial charge in [-0.15, -0.1) is 0 Å². The van der Waals surface area contributed by atoms with E-state index in [2.05, 4.69) is 31.2 Å². The van der Waals surface area contributed by atoms with Gasteiger partial charge >= 0.3 is 5.97 Å². The Hall–Kier alpha value is -4.65. The number of hydrogen-bond acceptors (Lipinski definition) is 8. The predicted molar refractivity (Wildman–Crippen MR) is 169 cm³/mol. The number of esters is 1. The van der Waals surface area contributed by atoms with Crippen molar-refractivity contribution in [2.75, 3.05) is 13.7 Å². The third-order valence-electron chi connectivity index (χ3n) is 7.03. The normalized spacial score (nSPS) is 11.3. The number of fused-ring (bicyclic) bond motifs is 2. The van der Waals surface area contributed by atoms with Gasteiger partial charge in [-0.3, -0.25) is 9.59 Å². The number of carbonyl (C=O) groups excluding carboxylic acids is 3. The van der Waals surface area contributed by atoms with Crippen molar-refractivity contribution in [1.29, 1.82) is 0 Å². The van der Waals surface area contributed by atoms with Gasteiger partial charge in [-0.2, -0.15) is 4.98 Å². The number of pyridine rings is 2. The third kappa shape index (κ3) is 5.86. The number of nitrogens with zero attached hydrogens (tertiary/aromatic N) is 2. The Balaban J connectivity index is 1.30. The van der Waals surface area contributed by atoms with Crippen molar-refractivity contribution in [1.82, 2.24) is 15.3 Å². The molecule has 0 atom stereocenters. The molecule has 6 rings (SSSR count). The summed E-state index contributed by atoms with van der Waals surface area (Å²) in [7, 11) is 1.43. The number of aromatic nitrogens is 2. The lowest BCUT2D eigenvalue weighted by Gasteiger charge is -2.09. The van der Waals surface area contributed by atoms with Crippen molar-refractivity contribution in [3.8, 4) is 22.5 Å². The molecular formula is C32H18BrCl2F2N3O6. The summed E-state index contributed by atoms with van der Waals surface area (Å²) in [6, 6.07) is 11.9. The van der Waals surface area contributed by atoms with Crippen LogP contribution in [0.1, 0.15) is 36.8 Å². The SMILES string of the molecule is CNC(=O)c1c(-c2ccc(F)cc2)oc2nc(Cl)c(-c3cc(F)cc(C(=O)OCCc4oc5nc(Cl)c(Br)cc5c4C=O)c3)cc12. The average molecular weight is 729 g/mol. The standard InChI is InChI=1S/C32H18BrCl2F2N3O6/c1-38-29(42)25-21-11-19(27(34)39-31(21)46-26(25)14-2-4-17(36)5-3-14)15-8-16(10-18(37)9-15)32(43)44-7-6-24-22(13-41)20-12-23(33)28(35)40-30(20)45-24/h2-5,8-13H,6-7H2,1H3,(H,38,42). The van der Waals surface area contributed by atoms with Crippen LogP contribution in [0, 0.1) is 11.6 Å². The predicted octanol–water partition coefficient (Wildman–Crippen LogP) is 8.22. The van der Waals surface area contributed by atoms with Crippen LogP contribution in [0.25, 0.3) is 44.7 Å². The van der Waals surface area contributed by atoms with E-state index in [-0.39, 0.29) is 79.5 Å². The van der Waals surface area contributed by atoms with Crippen LogP contribution < -0.4 is 5.32 Å². The molecule has 46 heavy (non-hydrogen) atoms. The number of hydrogen-bond donors (Lipinski definition) is 1. The highest BCUT2D eigenvalue weighted by Gasteiger charge is 2.25. The summed E-state index contributed by atoms with van der Waals surface area (Å²) in [5.74, 6) is -2.23. The number of rotatable bonds is 8. The van der Waals surface area contributed by atoms with Crippen LogP contribution in [0.2, 0.25) is 10.3 Å². The topological polar surface area (TPSA) is 125 Å². The molecule has 0 saturated heterocycles. The van der Waals surface area contributed by atoms with Crippen LogP contribution in [0.4, 0.5) is 8.78 Å². The molecule has 0 aliphatic rings. The van der Waals surface area contributed by atoms with E-state index in [9.17, 15) is 23.2 Å². The molecule has 1 N–H and O–H groups in total. The minimum Gasteiger partial charge on any atom is -0.462 e. The number of furan rings is 2. The molecule has 2 aromatic carbocycles. The molecular weight excluding hydrogens is 711 g/mol. The lowest BCUT2D eigenvalue weighted by Crippen LogP contribution is -2.18. The number of amides is 1. The largest absolute Gasteiger partial charge is 0.462 e. The molecule has 232 valence electrons. The first-order valence-electron chi connectivity index (χ1n) is 13.4. The van der Waals surface area contributed by atoms with Crippen molar-refractivity contribution in [2.45, 2.75) is 6.42 Å². The minimum atomic E-state index is -0.855. The van der Waals surface area contributed by atoms with Crippen LogP contribution in [-0.4, -0.2) is 41.8 Å².